The van der Waals surface area contributed by atoms with Crippen LogP contribution in [-0.4, -0.2) is 128 Å². The molecule has 8 aromatic rings. The normalized spacial score (nSPS) is 14.7. The number of H-pyrrole nitrogens is 2. The number of rotatable bonds is 8. The lowest BCUT2D eigenvalue weighted by Crippen LogP contribution is -2.44. The number of aromatic nitrogens is 6. The smallest absolute Gasteiger partial charge is 0.343 e. The Balaban J connectivity index is 0.000000190. The van der Waals surface area contributed by atoms with Crippen LogP contribution in [0.3, 0.4) is 0 Å². The lowest BCUT2D eigenvalue weighted by Gasteiger charge is -2.33. The van der Waals surface area contributed by atoms with E-state index in [-0.39, 0.29) is 46.7 Å². The third-order valence-corrected chi connectivity index (χ3v) is 13.7. The van der Waals surface area contributed by atoms with Gasteiger partial charge in [-0.25, -0.2) is 9.97 Å². The third-order valence-electron chi connectivity index (χ3n) is 13.7. The molecule has 0 aliphatic carbocycles. The van der Waals surface area contributed by atoms with Gasteiger partial charge in [-0.05, 0) is 98.7 Å². The average Bonchev–Trinajstić information content (AvgIpc) is 4.14. The molecule has 10 rings (SSSR count). The lowest BCUT2D eigenvalue weighted by molar-refractivity contribution is -0.139. The summed E-state index contributed by atoms with van der Waals surface area (Å²) in [4.78, 5) is 57.2. The SMILES string of the molecule is Cc1ccc(C(=O)Nc2ccc(CN3CCN(C)CC3)c(C(F)(F)F)c2)cc1C#Cc1cncc2[nH]cnc12.Cc1ccc(C(=O)Nc2ccc(CN3CCN(C)CC3)c(C(F)(F)F)c2)cc1C#Cc1cncc2[nH]cnc12. The summed E-state index contributed by atoms with van der Waals surface area (Å²) in [6.07, 6.45) is 0.609. The number of alkyl halides is 6. The first-order chi connectivity index (χ1) is 37.3. The molecule has 6 heterocycles. The van der Waals surface area contributed by atoms with Crippen LogP contribution in [0.2, 0.25) is 0 Å². The van der Waals surface area contributed by atoms with Crippen molar-refractivity contribution >= 4 is 45.3 Å². The molecule has 14 nitrogen and oxygen atoms in total. The van der Waals surface area contributed by atoms with Crippen LogP contribution in [0.25, 0.3) is 22.1 Å². The molecular weight excluding hydrogens is 1010 g/mol. The van der Waals surface area contributed by atoms with E-state index in [2.05, 4.69) is 74.0 Å². The second-order valence-corrected chi connectivity index (χ2v) is 19.3. The molecular formula is C58H54F6N12O2. The highest BCUT2D eigenvalue weighted by Gasteiger charge is 2.36. The largest absolute Gasteiger partial charge is 0.416 e. The van der Waals surface area contributed by atoms with Crippen LogP contribution in [0.4, 0.5) is 37.7 Å². The molecule has 2 fully saturated rings. The Bertz CT molecular complexity index is 3390. The van der Waals surface area contributed by atoms with Gasteiger partial charge in [-0.1, -0.05) is 47.9 Å². The van der Waals surface area contributed by atoms with Crippen LogP contribution in [0, 0.1) is 37.5 Å². The van der Waals surface area contributed by atoms with Gasteiger partial charge in [-0.15, -0.1) is 0 Å². The van der Waals surface area contributed by atoms with E-state index in [1.807, 2.05) is 37.7 Å². The number of carbonyl (C=O) groups is 2. The number of nitrogens with one attached hydrogen (secondary N) is 4. The highest BCUT2D eigenvalue weighted by Crippen LogP contribution is 2.36. The number of piperazine rings is 2. The molecule has 2 amide bonds. The fourth-order valence-corrected chi connectivity index (χ4v) is 8.99. The predicted octanol–water partition coefficient (Wildman–Crippen LogP) is 9.37. The highest BCUT2D eigenvalue weighted by atomic mass is 19.4. The Morgan fingerprint density at radius 1 is 0.526 bits per heavy atom. The first-order valence-corrected chi connectivity index (χ1v) is 25.0. The summed E-state index contributed by atoms with van der Waals surface area (Å²) < 4.78 is 83.6. The van der Waals surface area contributed by atoms with Crippen molar-refractivity contribution in [2.24, 2.45) is 0 Å². The van der Waals surface area contributed by atoms with Crippen molar-refractivity contribution in [3.05, 3.63) is 177 Å². The summed E-state index contributed by atoms with van der Waals surface area (Å²) in [6.45, 7) is 10.2. The minimum Gasteiger partial charge on any atom is -0.343 e. The van der Waals surface area contributed by atoms with Crippen molar-refractivity contribution in [1.82, 2.24) is 49.5 Å². The van der Waals surface area contributed by atoms with Crippen LogP contribution in [0.5, 0.6) is 0 Å². The molecule has 0 bridgehead atoms. The number of likely N-dealkylation sites (N-methyl/N-ethyl adjacent to an activating group) is 2. The van der Waals surface area contributed by atoms with E-state index < -0.39 is 35.3 Å². The zero-order valence-corrected chi connectivity index (χ0v) is 43.1. The van der Waals surface area contributed by atoms with Gasteiger partial charge in [-0.3, -0.25) is 29.4 Å². The second-order valence-electron chi connectivity index (χ2n) is 19.3. The van der Waals surface area contributed by atoms with Gasteiger partial charge in [0.15, 0.2) is 0 Å². The summed E-state index contributed by atoms with van der Waals surface area (Å²) in [6, 6.07) is 18.0. The summed E-state index contributed by atoms with van der Waals surface area (Å²) in [5.74, 6) is 11.2. The molecule has 0 atom stereocenters. The van der Waals surface area contributed by atoms with Gasteiger partial charge in [0.05, 0.1) is 58.3 Å². The van der Waals surface area contributed by atoms with E-state index in [9.17, 15) is 35.9 Å². The molecule has 400 valence electrons. The van der Waals surface area contributed by atoms with E-state index in [0.717, 1.165) is 60.5 Å². The Morgan fingerprint density at radius 3 is 1.29 bits per heavy atom. The molecule has 0 radical (unpaired) electrons. The zero-order valence-electron chi connectivity index (χ0n) is 43.1. The number of fused-ring (bicyclic) bond motifs is 2. The van der Waals surface area contributed by atoms with Crippen molar-refractivity contribution in [1.29, 1.82) is 0 Å². The number of aryl methyl sites for hydroxylation is 2. The van der Waals surface area contributed by atoms with Gasteiger partial charge in [-0.2, -0.15) is 26.3 Å². The Hall–Kier alpha value is -8.40. The van der Waals surface area contributed by atoms with Crippen molar-refractivity contribution < 1.29 is 35.9 Å². The molecule has 0 spiro atoms. The fourth-order valence-electron chi connectivity index (χ4n) is 8.99. The molecule has 0 unspecified atom stereocenters. The number of hydrogen-bond donors (Lipinski definition) is 4. The van der Waals surface area contributed by atoms with Gasteiger partial charge in [0, 0.05) is 111 Å². The number of hydrogen-bond acceptors (Lipinski definition) is 10. The van der Waals surface area contributed by atoms with E-state index in [0.29, 0.717) is 59.5 Å². The number of nitrogens with zero attached hydrogens (tertiary/aromatic N) is 8. The monoisotopic (exact) mass is 1060 g/mol. The van der Waals surface area contributed by atoms with Crippen molar-refractivity contribution in [2.75, 3.05) is 77.1 Å². The van der Waals surface area contributed by atoms with Gasteiger partial charge >= 0.3 is 12.4 Å². The summed E-state index contributed by atoms with van der Waals surface area (Å²) in [5.41, 5.74) is 6.79. The number of aromatic amines is 2. The molecule has 4 aromatic carbocycles. The average molecular weight is 1070 g/mol. The Labute approximate surface area is 446 Å². The van der Waals surface area contributed by atoms with E-state index in [1.165, 1.54) is 24.3 Å². The van der Waals surface area contributed by atoms with Crippen LogP contribution in [0.1, 0.15) is 76.4 Å². The minimum absolute atomic E-state index is 0.0824. The topological polar surface area (TPSA) is 154 Å². The number of pyridine rings is 2. The van der Waals surface area contributed by atoms with Crippen LogP contribution in [0.15, 0.2) is 110 Å². The van der Waals surface area contributed by atoms with Crippen molar-refractivity contribution in [3.8, 4) is 23.7 Å². The molecule has 78 heavy (non-hydrogen) atoms. The summed E-state index contributed by atoms with van der Waals surface area (Å²) in [7, 11) is 4.00. The van der Waals surface area contributed by atoms with Crippen molar-refractivity contribution in [2.45, 2.75) is 39.3 Å². The van der Waals surface area contributed by atoms with E-state index >= 15 is 0 Å². The van der Waals surface area contributed by atoms with E-state index in [4.69, 9.17) is 0 Å². The quantitative estimate of drug-likeness (QED) is 0.0856. The minimum atomic E-state index is -4.54. The second kappa shape index (κ2) is 23.5. The molecule has 20 heteroatoms. The maximum absolute atomic E-state index is 13.9. The van der Waals surface area contributed by atoms with Crippen LogP contribution in [-0.2, 0) is 25.4 Å². The Kier molecular flexibility index (Phi) is 16.4. The fraction of sp³-hybridized carbons (Fsp3) is 0.276. The van der Waals surface area contributed by atoms with E-state index in [1.54, 1.807) is 73.8 Å². The molecule has 2 saturated heterocycles. The maximum Gasteiger partial charge on any atom is 0.416 e. The number of imidazole rings is 2. The zero-order chi connectivity index (χ0) is 55.1. The van der Waals surface area contributed by atoms with Crippen LogP contribution >= 0.6 is 0 Å². The predicted molar refractivity (Wildman–Crippen MR) is 286 cm³/mol. The standard InChI is InChI=1S/2C29H27F3N6O/c2*1-19-3-4-21(13-20(19)5-6-22-15-33-16-26-27(22)35-18-34-26)28(39)36-24-8-7-23(25(14-24)29(30,31)32)17-38-11-9-37(2)10-12-38/h2*3-4,7-8,13-16,18H,9-12,17H2,1-2H3,(H,34,35)(H,36,39). The molecule has 2 aliphatic heterocycles. The van der Waals surface area contributed by atoms with Gasteiger partial charge in [0.1, 0.15) is 11.0 Å². The maximum atomic E-state index is 13.9. The number of amides is 2. The molecule has 4 N–H and O–H groups in total. The first kappa shape index (κ1) is 54.4. The number of carbonyl (C=O) groups excluding carboxylic acids is 2. The number of halogens is 6. The summed E-state index contributed by atoms with van der Waals surface area (Å²) >= 11 is 0. The van der Waals surface area contributed by atoms with Gasteiger partial charge in [0.2, 0.25) is 0 Å². The first-order valence-electron chi connectivity index (χ1n) is 25.0. The highest BCUT2D eigenvalue weighted by molar-refractivity contribution is 6.05. The third kappa shape index (κ3) is 13.4. The van der Waals surface area contributed by atoms with Gasteiger partial charge < -0.3 is 30.4 Å². The molecule has 4 aromatic heterocycles. The van der Waals surface area contributed by atoms with Crippen molar-refractivity contribution in [3.63, 3.8) is 0 Å². The Morgan fingerprint density at radius 2 is 0.910 bits per heavy atom. The molecule has 2 aliphatic rings. The molecule has 0 saturated carbocycles. The van der Waals surface area contributed by atoms with Gasteiger partial charge in [0.25, 0.3) is 11.8 Å². The van der Waals surface area contributed by atoms with Crippen LogP contribution < -0.4 is 10.6 Å². The summed E-state index contributed by atoms with van der Waals surface area (Å²) in [5, 5.41) is 5.23. The lowest BCUT2D eigenvalue weighted by atomic mass is 10.0. The number of anilines is 2. The number of benzene rings is 4.